The van der Waals surface area contributed by atoms with Gasteiger partial charge in [-0.15, -0.1) is 0 Å². The maximum absolute atomic E-state index is 12.6. The molecule has 0 aliphatic carbocycles. The number of likely N-dealkylation sites (N-methyl/N-ethyl adjacent to an activating group) is 1. The molecule has 2 aromatic rings. The average molecular weight is 486 g/mol. The minimum Gasteiger partial charge on any atom is -0.493 e. The van der Waals surface area contributed by atoms with Gasteiger partial charge < -0.3 is 14.2 Å². The predicted molar refractivity (Wildman–Crippen MR) is 139 cm³/mol. The van der Waals surface area contributed by atoms with Gasteiger partial charge >= 0.3 is 0 Å². The van der Waals surface area contributed by atoms with Gasteiger partial charge in [0.05, 0.1) is 25.2 Å². The number of thioether (sulfide) groups is 1. The highest BCUT2D eigenvalue weighted by molar-refractivity contribution is 8.26. The van der Waals surface area contributed by atoms with Crippen LogP contribution in [0.15, 0.2) is 47.4 Å². The van der Waals surface area contributed by atoms with Gasteiger partial charge in [-0.25, -0.2) is 0 Å². The van der Waals surface area contributed by atoms with Crippen molar-refractivity contribution in [1.29, 1.82) is 0 Å². The number of carbonyl (C=O) groups is 1. The molecule has 1 unspecified atom stereocenters. The number of hydrogen-bond acceptors (Lipinski definition) is 6. The van der Waals surface area contributed by atoms with Crippen LogP contribution in [-0.4, -0.2) is 42.0 Å². The molecule has 1 aliphatic rings. The van der Waals surface area contributed by atoms with E-state index in [2.05, 4.69) is 26.0 Å². The van der Waals surface area contributed by atoms with E-state index in [-0.39, 0.29) is 5.91 Å². The first-order chi connectivity index (χ1) is 16.0. The van der Waals surface area contributed by atoms with Crippen LogP contribution in [-0.2, 0) is 4.79 Å². The highest BCUT2D eigenvalue weighted by Gasteiger charge is 2.31. The van der Waals surface area contributed by atoms with Gasteiger partial charge in [0.1, 0.15) is 10.1 Å². The van der Waals surface area contributed by atoms with E-state index in [4.69, 9.17) is 26.4 Å². The van der Waals surface area contributed by atoms with Crippen molar-refractivity contribution in [3.8, 4) is 17.2 Å². The summed E-state index contributed by atoms with van der Waals surface area (Å²) in [7, 11) is 1.61. The van der Waals surface area contributed by atoms with Crippen LogP contribution in [0, 0.1) is 0 Å². The van der Waals surface area contributed by atoms with E-state index in [0.29, 0.717) is 52.8 Å². The lowest BCUT2D eigenvalue weighted by molar-refractivity contribution is -0.121. The summed E-state index contributed by atoms with van der Waals surface area (Å²) in [6, 6.07) is 13.9. The van der Waals surface area contributed by atoms with Crippen LogP contribution in [0.3, 0.4) is 0 Å². The van der Waals surface area contributed by atoms with Crippen molar-refractivity contribution in [2.24, 2.45) is 0 Å². The van der Waals surface area contributed by atoms with E-state index in [1.807, 2.05) is 43.3 Å². The molecule has 5 nitrogen and oxygen atoms in total. The largest absolute Gasteiger partial charge is 0.493 e. The van der Waals surface area contributed by atoms with Crippen LogP contribution in [0.4, 0.5) is 0 Å². The predicted octanol–water partition coefficient (Wildman–Crippen LogP) is 6.28. The van der Waals surface area contributed by atoms with Crippen LogP contribution in [0.5, 0.6) is 17.2 Å². The normalized spacial score (nSPS) is 15.8. The SMILES string of the molecule is CCC(C)c1ccc(OCCCOc2c(/C=C3\SC(=S)N(CC)C3=O)cccc2OC)cc1. The molecule has 0 N–H and O–H groups in total. The van der Waals surface area contributed by atoms with Gasteiger partial charge in [-0.3, -0.25) is 9.69 Å². The lowest BCUT2D eigenvalue weighted by Crippen LogP contribution is -2.27. The van der Waals surface area contributed by atoms with Crippen LogP contribution in [0.1, 0.15) is 50.7 Å². The summed E-state index contributed by atoms with van der Waals surface area (Å²) >= 11 is 6.62. The maximum atomic E-state index is 12.6. The summed E-state index contributed by atoms with van der Waals surface area (Å²) in [5, 5.41) is 0. The number of amides is 1. The molecule has 1 amide bonds. The fourth-order valence-electron chi connectivity index (χ4n) is 3.43. The minimum absolute atomic E-state index is 0.0750. The first-order valence-corrected chi connectivity index (χ1v) is 12.5. The van der Waals surface area contributed by atoms with Gasteiger partial charge in [-0.1, -0.05) is 62.1 Å². The molecule has 1 atom stereocenters. The Labute approximate surface area is 206 Å². The number of benzene rings is 2. The molecule has 0 aromatic heterocycles. The zero-order valence-electron chi connectivity index (χ0n) is 19.6. The van der Waals surface area contributed by atoms with E-state index >= 15 is 0 Å². The van der Waals surface area contributed by atoms with E-state index in [0.717, 1.165) is 17.7 Å². The summed E-state index contributed by atoms with van der Waals surface area (Å²) in [5.74, 6) is 2.57. The van der Waals surface area contributed by atoms with E-state index < -0.39 is 0 Å². The quantitative estimate of drug-likeness (QED) is 0.212. The Morgan fingerprint density at radius 1 is 1.09 bits per heavy atom. The van der Waals surface area contributed by atoms with Gasteiger partial charge in [-0.2, -0.15) is 0 Å². The molecular weight excluding hydrogens is 454 g/mol. The molecule has 1 aliphatic heterocycles. The summed E-state index contributed by atoms with van der Waals surface area (Å²) in [5.41, 5.74) is 2.11. The topological polar surface area (TPSA) is 48.0 Å². The van der Waals surface area contributed by atoms with Crippen molar-refractivity contribution in [2.45, 2.75) is 39.5 Å². The van der Waals surface area contributed by atoms with Crippen LogP contribution in [0.2, 0.25) is 0 Å². The number of carbonyl (C=O) groups excluding carboxylic acids is 1. The van der Waals surface area contributed by atoms with Crippen molar-refractivity contribution in [1.82, 2.24) is 4.90 Å². The fourth-order valence-corrected chi connectivity index (χ4v) is 4.80. The molecule has 7 heteroatoms. The van der Waals surface area contributed by atoms with E-state index in [1.54, 1.807) is 12.0 Å². The summed E-state index contributed by atoms with van der Waals surface area (Å²) < 4.78 is 18.0. The molecule has 33 heavy (non-hydrogen) atoms. The number of hydrogen-bond donors (Lipinski definition) is 0. The fraction of sp³-hybridized carbons (Fsp3) is 0.385. The Bertz CT molecular complexity index is 1000. The second-order valence-corrected chi connectivity index (χ2v) is 9.41. The van der Waals surface area contributed by atoms with E-state index in [1.165, 1.54) is 17.3 Å². The Morgan fingerprint density at radius 2 is 1.82 bits per heavy atom. The third kappa shape index (κ3) is 6.30. The highest BCUT2D eigenvalue weighted by atomic mass is 32.2. The number of rotatable bonds is 11. The summed E-state index contributed by atoms with van der Waals surface area (Å²) in [6.45, 7) is 7.90. The molecule has 176 valence electrons. The molecule has 0 saturated carbocycles. The maximum Gasteiger partial charge on any atom is 0.266 e. The number of nitrogens with zero attached hydrogens (tertiary/aromatic N) is 1. The molecule has 3 rings (SSSR count). The lowest BCUT2D eigenvalue weighted by atomic mass is 9.99. The first-order valence-electron chi connectivity index (χ1n) is 11.3. The lowest BCUT2D eigenvalue weighted by Gasteiger charge is -2.14. The Hall–Kier alpha value is -2.51. The zero-order valence-corrected chi connectivity index (χ0v) is 21.3. The molecule has 0 radical (unpaired) electrons. The highest BCUT2D eigenvalue weighted by Crippen LogP contribution is 2.37. The van der Waals surface area contributed by atoms with Gasteiger partial charge in [0, 0.05) is 18.5 Å². The molecule has 1 heterocycles. The van der Waals surface area contributed by atoms with Gasteiger partial charge in [0.2, 0.25) is 0 Å². The Balaban J connectivity index is 1.60. The van der Waals surface area contributed by atoms with Crippen molar-refractivity contribution >= 4 is 40.3 Å². The molecule has 0 bridgehead atoms. The monoisotopic (exact) mass is 485 g/mol. The van der Waals surface area contributed by atoms with Crippen molar-refractivity contribution in [3.63, 3.8) is 0 Å². The molecule has 0 spiro atoms. The number of ether oxygens (including phenoxy) is 3. The standard InChI is InChI=1S/C26H31NO4S2/c1-5-18(3)19-11-13-21(14-12-19)30-15-8-16-31-24-20(9-7-10-22(24)29-4)17-23-25(28)27(6-2)26(32)33-23/h7,9-14,17-18H,5-6,8,15-16H2,1-4H3/b23-17-. The minimum atomic E-state index is -0.0750. The number of thiocarbonyl (C=S) groups is 1. The van der Waals surface area contributed by atoms with Crippen LogP contribution in [0.25, 0.3) is 6.08 Å². The van der Waals surface area contributed by atoms with Gasteiger partial charge in [0.25, 0.3) is 5.91 Å². The Morgan fingerprint density at radius 3 is 2.45 bits per heavy atom. The van der Waals surface area contributed by atoms with Crippen molar-refractivity contribution in [2.75, 3.05) is 26.9 Å². The average Bonchev–Trinajstić information content (AvgIpc) is 3.11. The van der Waals surface area contributed by atoms with Gasteiger partial charge in [0.15, 0.2) is 11.5 Å². The Kier molecular flexibility index (Phi) is 9.21. The van der Waals surface area contributed by atoms with Gasteiger partial charge in [-0.05, 0) is 49.1 Å². The van der Waals surface area contributed by atoms with Crippen molar-refractivity contribution in [3.05, 3.63) is 58.5 Å². The third-order valence-electron chi connectivity index (χ3n) is 5.57. The van der Waals surface area contributed by atoms with Crippen LogP contribution >= 0.6 is 24.0 Å². The molecule has 2 aromatic carbocycles. The molecule has 1 fully saturated rings. The van der Waals surface area contributed by atoms with Crippen LogP contribution < -0.4 is 14.2 Å². The second-order valence-electron chi connectivity index (χ2n) is 7.73. The zero-order chi connectivity index (χ0) is 23.8. The molecule has 1 saturated heterocycles. The summed E-state index contributed by atoms with van der Waals surface area (Å²) in [4.78, 5) is 14.8. The third-order valence-corrected chi connectivity index (χ3v) is 6.95. The number of para-hydroxylation sites is 1. The molecular formula is C26H31NO4S2. The smallest absolute Gasteiger partial charge is 0.266 e. The summed E-state index contributed by atoms with van der Waals surface area (Å²) in [6.07, 6.45) is 3.65. The van der Waals surface area contributed by atoms with E-state index in [9.17, 15) is 4.79 Å². The second kappa shape index (κ2) is 12.1. The number of methoxy groups -OCH3 is 1. The first kappa shape index (κ1) is 25.1. The van der Waals surface area contributed by atoms with Crippen molar-refractivity contribution < 1.29 is 19.0 Å².